The average Bonchev–Trinajstić information content (AvgIpc) is 2.55. The van der Waals surface area contributed by atoms with E-state index in [9.17, 15) is 5.26 Å². The maximum absolute atomic E-state index is 9.52. The van der Waals surface area contributed by atoms with Crippen molar-refractivity contribution in [2.45, 2.75) is 43.9 Å². The van der Waals surface area contributed by atoms with Crippen LogP contribution in [-0.2, 0) is 5.41 Å². The molecule has 0 bridgehead atoms. The van der Waals surface area contributed by atoms with Gasteiger partial charge in [0.25, 0.3) is 0 Å². The van der Waals surface area contributed by atoms with Crippen molar-refractivity contribution in [2.24, 2.45) is 0 Å². The van der Waals surface area contributed by atoms with Gasteiger partial charge in [0.1, 0.15) is 0 Å². The zero-order valence-electron chi connectivity index (χ0n) is 9.38. The zero-order valence-corrected chi connectivity index (χ0v) is 10.1. The summed E-state index contributed by atoms with van der Waals surface area (Å²) in [4.78, 5) is 0. The van der Waals surface area contributed by atoms with E-state index in [4.69, 9.17) is 11.6 Å². The molecule has 2 heteroatoms. The molecule has 0 aromatic heterocycles. The minimum absolute atomic E-state index is 0.290. The lowest BCUT2D eigenvalue weighted by molar-refractivity contribution is 0.475. The summed E-state index contributed by atoms with van der Waals surface area (Å²) in [7, 11) is 0. The third-order valence-corrected chi connectivity index (χ3v) is 3.78. The van der Waals surface area contributed by atoms with E-state index >= 15 is 0 Å². The fourth-order valence-electron chi connectivity index (χ4n) is 2.58. The molecule has 0 aliphatic heterocycles. The summed E-state index contributed by atoms with van der Waals surface area (Å²) in [5.74, 6) is 0. The molecule has 0 saturated heterocycles. The first-order valence-corrected chi connectivity index (χ1v) is 6.32. The lowest BCUT2D eigenvalue weighted by atomic mass is 9.76. The molecule has 1 aliphatic rings. The molecule has 2 rings (SSSR count). The zero-order chi connectivity index (χ0) is 11.4. The molecule has 1 fully saturated rings. The normalized spacial score (nSPS) is 19.8. The Morgan fingerprint density at radius 2 is 1.81 bits per heavy atom. The predicted octanol–water partition coefficient (Wildman–Crippen LogP) is 4.46. The number of hydrogen-bond acceptors (Lipinski definition) is 1. The van der Waals surface area contributed by atoms with Gasteiger partial charge in [-0.05, 0) is 30.5 Å². The van der Waals surface area contributed by atoms with E-state index in [0.717, 1.165) is 36.3 Å². The quantitative estimate of drug-likeness (QED) is 0.658. The molecule has 0 N–H and O–H groups in total. The highest BCUT2D eigenvalue weighted by atomic mass is 35.5. The van der Waals surface area contributed by atoms with Crippen molar-refractivity contribution in [1.29, 1.82) is 5.26 Å². The van der Waals surface area contributed by atoms with Crippen LogP contribution >= 0.6 is 11.6 Å². The van der Waals surface area contributed by atoms with Crippen LogP contribution in [0, 0.1) is 11.3 Å². The van der Waals surface area contributed by atoms with Gasteiger partial charge in [0.15, 0.2) is 0 Å². The summed E-state index contributed by atoms with van der Waals surface area (Å²) in [6.07, 6.45) is 6.77. The molecule has 1 aromatic rings. The van der Waals surface area contributed by atoms with E-state index < -0.39 is 0 Å². The Balaban J connectivity index is 2.36. The summed E-state index contributed by atoms with van der Waals surface area (Å²) in [6, 6.07) is 10.4. The van der Waals surface area contributed by atoms with Crippen molar-refractivity contribution in [3.63, 3.8) is 0 Å². The van der Waals surface area contributed by atoms with Crippen LogP contribution in [0.3, 0.4) is 0 Å². The molecule has 0 unspecified atom stereocenters. The van der Waals surface area contributed by atoms with Gasteiger partial charge < -0.3 is 0 Å². The molecule has 84 valence electrons. The molecule has 1 nitrogen and oxygen atoms in total. The summed E-state index contributed by atoms with van der Waals surface area (Å²) in [6.45, 7) is 0. The van der Waals surface area contributed by atoms with Crippen LogP contribution in [-0.4, -0.2) is 0 Å². The first-order valence-electron chi connectivity index (χ1n) is 5.94. The first-order chi connectivity index (χ1) is 7.77. The van der Waals surface area contributed by atoms with E-state index in [-0.39, 0.29) is 5.41 Å². The van der Waals surface area contributed by atoms with Crippen LogP contribution in [0.4, 0.5) is 0 Å². The highest BCUT2D eigenvalue weighted by molar-refractivity contribution is 6.30. The molecular weight excluding hydrogens is 218 g/mol. The first kappa shape index (κ1) is 11.5. The van der Waals surface area contributed by atoms with Gasteiger partial charge in [0.05, 0.1) is 11.5 Å². The van der Waals surface area contributed by atoms with Crippen molar-refractivity contribution >= 4 is 11.6 Å². The molecule has 0 heterocycles. The Morgan fingerprint density at radius 1 is 1.12 bits per heavy atom. The largest absolute Gasteiger partial charge is 0.197 e. The van der Waals surface area contributed by atoms with Gasteiger partial charge in [-0.15, -0.1) is 0 Å². The van der Waals surface area contributed by atoms with Gasteiger partial charge in [-0.25, -0.2) is 0 Å². The second-order valence-corrected chi connectivity index (χ2v) is 5.05. The molecule has 16 heavy (non-hydrogen) atoms. The monoisotopic (exact) mass is 233 g/mol. The minimum Gasteiger partial charge on any atom is -0.197 e. The highest BCUT2D eigenvalue weighted by Gasteiger charge is 2.32. The molecule has 0 radical (unpaired) electrons. The van der Waals surface area contributed by atoms with Crippen LogP contribution in [0.25, 0.3) is 0 Å². The number of nitrogens with zero attached hydrogens (tertiary/aromatic N) is 1. The van der Waals surface area contributed by atoms with Gasteiger partial charge >= 0.3 is 0 Å². The summed E-state index contributed by atoms with van der Waals surface area (Å²) in [5.41, 5.74) is 0.811. The van der Waals surface area contributed by atoms with Crippen molar-refractivity contribution in [3.8, 4) is 6.07 Å². The number of hydrogen-bond donors (Lipinski definition) is 0. The van der Waals surface area contributed by atoms with Gasteiger partial charge in [0.2, 0.25) is 0 Å². The second kappa shape index (κ2) is 4.89. The third kappa shape index (κ3) is 2.23. The van der Waals surface area contributed by atoms with Crippen LogP contribution in [0.1, 0.15) is 44.1 Å². The summed E-state index contributed by atoms with van der Waals surface area (Å²) >= 11 is 6.01. The highest BCUT2D eigenvalue weighted by Crippen LogP contribution is 2.38. The second-order valence-electron chi connectivity index (χ2n) is 4.62. The smallest absolute Gasteiger partial charge is 0.0822 e. The Kier molecular flexibility index (Phi) is 3.51. The maximum Gasteiger partial charge on any atom is 0.0822 e. The Hall–Kier alpha value is -1.00. The molecule has 0 atom stereocenters. The van der Waals surface area contributed by atoms with Crippen LogP contribution in [0.5, 0.6) is 0 Å². The SMILES string of the molecule is N#CC1(c2cccc(Cl)c2)CCCCCC1. The average molecular weight is 234 g/mol. The molecule has 0 amide bonds. The van der Waals surface area contributed by atoms with E-state index in [0.29, 0.717) is 0 Å². The van der Waals surface area contributed by atoms with Gasteiger partial charge in [0, 0.05) is 5.02 Å². The number of benzene rings is 1. The standard InChI is InChI=1S/C14H16ClN/c15-13-7-5-6-12(10-13)14(11-16)8-3-1-2-4-9-14/h5-7,10H,1-4,8-9H2. The van der Waals surface area contributed by atoms with Crippen LogP contribution in [0.2, 0.25) is 5.02 Å². The molecule has 1 saturated carbocycles. The predicted molar refractivity (Wildman–Crippen MR) is 66.4 cm³/mol. The van der Waals surface area contributed by atoms with Crippen LogP contribution in [0.15, 0.2) is 24.3 Å². The molecule has 1 aliphatic carbocycles. The Morgan fingerprint density at radius 3 is 2.38 bits per heavy atom. The fourth-order valence-corrected chi connectivity index (χ4v) is 2.77. The number of nitriles is 1. The number of halogens is 1. The fraction of sp³-hybridized carbons (Fsp3) is 0.500. The van der Waals surface area contributed by atoms with Gasteiger partial charge in [-0.2, -0.15) is 5.26 Å². The minimum atomic E-state index is -0.290. The number of rotatable bonds is 1. The Labute approximate surface area is 102 Å². The molecule has 1 aromatic carbocycles. The van der Waals surface area contributed by atoms with E-state index in [1.807, 2.05) is 24.3 Å². The van der Waals surface area contributed by atoms with Crippen molar-refractivity contribution < 1.29 is 0 Å². The molecular formula is C14H16ClN. The maximum atomic E-state index is 9.52. The molecule has 0 spiro atoms. The summed E-state index contributed by atoms with van der Waals surface area (Å²) in [5, 5.41) is 10.3. The topological polar surface area (TPSA) is 23.8 Å². The van der Waals surface area contributed by atoms with Gasteiger partial charge in [-0.1, -0.05) is 49.4 Å². The van der Waals surface area contributed by atoms with E-state index in [1.165, 1.54) is 12.8 Å². The Bertz CT molecular complexity index is 397. The lowest BCUT2D eigenvalue weighted by Crippen LogP contribution is -2.23. The third-order valence-electron chi connectivity index (χ3n) is 3.55. The van der Waals surface area contributed by atoms with E-state index in [2.05, 4.69) is 6.07 Å². The van der Waals surface area contributed by atoms with Crippen LogP contribution < -0.4 is 0 Å². The van der Waals surface area contributed by atoms with Crippen molar-refractivity contribution in [1.82, 2.24) is 0 Å². The van der Waals surface area contributed by atoms with Crippen molar-refractivity contribution in [3.05, 3.63) is 34.9 Å². The van der Waals surface area contributed by atoms with Gasteiger partial charge in [-0.3, -0.25) is 0 Å². The van der Waals surface area contributed by atoms with Crippen molar-refractivity contribution in [2.75, 3.05) is 0 Å². The van der Waals surface area contributed by atoms with E-state index in [1.54, 1.807) is 0 Å². The lowest BCUT2D eigenvalue weighted by Gasteiger charge is -2.25. The summed E-state index contributed by atoms with van der Waals surface area (Å²) < 4.78 is 0.